The first-order valence-electron chi connectivity index (χ1n) is 4.83. The van der Waals surface area contributed by atoms with Crippen LogP contribution >= 0.6 is 0 Å². The van der Waals surface area contributed by atoms with E-state index in [-0.39, 0.29) is 5.75 Å². The second-order valence-electron chi connectivity index (χ2n) is 3.21. The molecule has 0 fully saturated rings. The fourth-order valence-corrected chi connectivity index (χ4v) is 1.17. The van der Waals surface area contributed by atoms with Gasteiger partial charge in [-0.2, -0.15) is 5.10 Å². The molecule has 0 saturated heterocycles. The molecule has 0 bridgehead atoms. The fourth-order valence-electron chi connectivity index (χ4n) is 1.17. The van der Waals surface area contributed by atoms with E-state index in [1.807, 2.05) is 0 Å². The molecule has 2 N–H and O–H groups in total. The van der Waals surface area contributed by atoms with Gasteiger partial charge in [0.25, 0.3) is 0 Å². The molecule has 6 nitrogen and oxygen atoms in total. The Kier molecular flexibility index (Phi) is 3.31. The second-order valence-corrected chi connectivity index (χ2v) is 3.21. The van der Waals surface area contributed by atoms with E-state index < -0.39 is 6.36 Å². The first-order valence-corrected chi connectivity index (χ1v) is 4.83. The van der Waals surface area contributed by atoms with E-state index in [1.54, 1.807) is 0 Å². The Morgan fingerprint density at radius 1 is 1.28 bits per heavy atom. The van der Waals surface area contributed by atoms with Gasteiger partial charge in [-0.1, -0.05) is 0 Å². The lowest BCUT2D eigenvalue weighted by molar-refractivity contribution is -0.274. The summed E-state index contributed by atoms with van der Waals surface area (Å²) in [6.07, 6.45) is -2.38. The van der Waals surface area contributed by atoms with E-state index in [1.165, 1.54) is 18.5 Å². The van der Waals surface area contributed by atoms with Gasteiger partial charge < -0.3 is 10.1 Å². The molecule has 0 amide bonds. The van der Waals surface area contributed by atoms with Gasteiger partial charge in [0.05, 0.1) is 12.7 Å². The summed E-state index contributed by atoms with van der Waals surface area (Å²) in [5.74, 6) is 0.626. The van der Waals surface area contributed by atoms with Crippen molar-refractivity contribution >= 4 is 5.82 Å². The fraction of sp³-hybridized carbons (Fsp3) is 0.222. The van der Waals surface area contributed by atoms with Crippen LogP contribution in [0, 0.1) is 0 Å². The van der Waals surface area contributed by atoms with Crippen molar-refractivity contribution in [2.24, 2.45) is 0 Å². The summed E-state index contributed by atoms with van der Waals surface area (Å²) in [5, 5.41) is 9.13. The lowest BCUT2D eigenvalue weighted by atomic mass is 10.4. The number of nitrogens with one attached hydrogen (secondary N) is 2. The molecule has 0 radical (unpaired) electrons. The first kappa shape index (κ1) is 12.1. The first-order chi connectivity index (χ1) is 8.53. The molecule has 0 unspecified atom stereocenters. The number of pyridine rings is 1. The smallest absolute Gasteiger partial charge is 0.404 e. The summed E-state index contributed by atoms with van der Waals surface area (Å²) >= 11 is 0. The van der Waals surface area contributed by atoms with Crippen LogP contribution in [0.2, 0.25) is 0 Å². The number of hydrogen-bond donors (Lipinski definition) is 2. The van der Waals surface area contributed by atoms with E-state index in [0.717, 1.165) is 6.20 Å². The van der Waals surface area contributed by atoms with Crippen LogP contribution in [0.5, 0.6) is 5.75 Å². The molecule has 0 aliphatic carbocycles. The Morgan fingerprint density at radius 2 is 2.11 bits per heavy atom. The van der Waals surface area contributed by atoms with Crippen molar-refractivity contribution < 1.29 is 17.9 Å². The van der Waals surface area contributed by atoms with Crippen molar-refractivity contribution in [3.8, 4) is 5.75 Å². The zero-order valence-corrected chi connectivity index (χ0v) is 8.90. The van der Waals surface area contributed by atoms with Crippen LogP contribution in [-0.2, 0) is 6.54 Å². The number of rotatable bonds is 4. The van der Waals surface area contributed by atoms with E-state index in [9.17, 15) is 13.2 Å². The number of hydrogen-bond acceptors (Lipinski definition) is 5. The van der Waals surface area contributed by atoms with Gasteiger partial charge in [0.15, 0.2) is 0 Å². The van der Waals surface area contributed by atoms with Crippen molar-refractivity contribution in [1.82, 2.24) is 20.2 Å². The van der Waals surface area contributed by atoms with E-state index in [4.69, 9.17) is 0 Å². The number of halogens is 3. The number of anilines is 1. The molecule has 2 rings (SSSR count). The minimum absolute atomic E-state index is 0.340. The number of alkyl halides is 3. The van der Waals surface area contributed by atoms with Crippen molar-refractivity contribution in [1.29, 1.82) is 0 Å². The summed E-state index contributed by atoms with van der Waals surface area (Å²) in [6.45, 7) is 0.340. The molecule has 2 aromatic heterocycles. The predicted octanol–water partition coefficient (Wildman–Crippen LogP) is 1.71. The highest BCUT2D eigenvalue weighted by molar-refractivity contribution is 5.37. The van der Waals surface area contributed by atoms with Crippen molar-refractivity contribution in [3.63, 3.8) is 0 Å². The standard InChI is InChI=1S/C9H8F3N5O/c10-9(11,12)18-6-1-2-7(13-3-6)14-4-8-15-5-16-17-8/h1-3,5H,4H2,(H,13,14)(H,15,16,17). The topological polar surface area (TPSA) is 75.7 Å². The van der Waals surface area contributed by atoms with E-state index in [0.29, 0.717) is 18.2 Å². The molecule has 0 spiro atoms. The number of aromatic amines is 1. The third-order valence-electron chi connectivity index (χ3n) is 1.87. The molecule has 0 saturated carbocycles. The number of H-pyrrole nitrogens is 1. The van der Waals surface area contributed by atoms with Crippen molar-refractivity contribution in [2.45, 2.75) is 12.9 Å². The number of nitrogens with zero attached hydrogens (tertiary/aromatic N) is 3. The maximum Gasteiger partial charge on any atom is 0.573 e. The lowest BCUT2D eigenvalue weighted by Crippen LogP contribution is -2.17. The number of ether oxygens (including phenoxy) is 1. The minimum atomic E-state index is -4.71. The molecule has 18 heavy (non-hydrogen) atoms. The van der Waals surface area contributed by atoms with Crippen LogP contribution in [0.25, 0.3) is 0 Å². The van der Waals surface area contributed by atoms with Crippen LogP contribution in [-0.4, -0.2) is 26.5 Å². The summed E-state index contributed by atoms with van der Waals surface area (Å²) in [7, 11) is 0. The van der Waals surface area contributed by atoms with Crippen LogP contribution in [0.15, 0.2) is 24.7 Å². The highest BCUT2D eigenvalue weighted by Crippen LogP contribution is 2.22. The zero-order chi connectivity index (χ0) is 13.0. The Bertz CT molecular complexity index is 482. The molecule has 96 valence electrons. The van der Waals surface area contributed by atoms with Crippen molar-refractivity contribution in [3.05, 3.63) is 30.5 Å². The Balaban J connectivity index is 1.91. The van der Waals surface area contributed by atoms with Crippen LogP contribution in [0.4, 0.5) is 19.0 Å². The van der Waals surface area contributed by atoms with E-state index >= 15 is 0 Å². The number of aromatic nitrogens is 4. The third-order valence-corrected chi connectivity index (χ3v) is 1.87. The van der Waals surface area contributed by atoms with Crippen LogP contribution in [0.3, 0.4) is 0 Å². The van der Waals surface area contributed by atoms with Gasteiger partial charge in [0, 0.05) is 0 Å². The maximum atomic E-state index is 11.9. The Morgan fingerprint density at radius 3 is 2.67 bits per heavy atom. The normalized spacial score (nSPS) is 11.3. The molecule has 9 heteroatoms. The average molecular weight is 259 g/mol. The molecule has 2 aromatic rings. The van der Waals surface area contributed by atoms with Gasteiger partial charge in [0.1, 0.15) is 23.7 Å². The van der Waals surface area contributed by atoms with Gasteiger partial charge in [-0.05, 0) is 12.1 Å². The zero-order valence-electron chi connectivity index (χ0n) is 8.90. The largest absolute Gasteiger partial charge is 0.573 e. The summed E-state index contributed by atoms with van der Waals surface area (Å²) in [6, 6.07) is 2.54. The van der Waals surface area contributed by atoms with Crippen LogP contribution < -0.4 is 10.1 Å². The van der Waals surface area contributed by atoms with Gasteiger partial charge >= 0.3 is 6.36 Å². The second kappa shape index (κ2) is 4.90. The van der Waals surface area contributed by atoms with Crippen molar-refractivity contribution in [2.75, 3.05) is 5.32 Å². The molecule has 0 aliphatic rings. The third kappa shape index (κ3) is 3.61. The predicted molar refractivity (Wildman–Crippen MR) is 54.6 cm³/mol. The minimum Gasteiger partial charge on any atom is -0.404 e. The molecular weight excluding hydrogens is 251 g/mol. The highest BCUT2D eigenvalue weighted by Gasteiger charge is 2.31. The summed E-state index contributed by atoms with van der Waals surface area (Å²) < 4.78 is 39.4. The van der Waals surface area contributed by atoms with Gasteiger partial charge in [-0.3, -0.25) is 5.10 Å². The SMILES string of the molecule is FC(F)(F)Oc1ccc(NCc2ncn[nH]2)nc1. The van der Waals surface area contributed by atoms with E-state index in [2.05, 4.69) is 30.2 Å². The summed E-state index contributed by atoms with van der Waals surface area (Å²) in [5.41, 5.74) is 0. The van der Waals surface area contributed by atoms with Gasteiger partial charge in [-0.15, -0.1) is 13.2 Å². The molecule has 2 heterocycles. The van der Waals surface area contributed by atoms with Gasteiger partial charge in [-0.25, -0.2) is 9.97 Å². The Hall–Kier alpha value is -2.32. The molecular formula is C9H8F3N5O. The molecule has 0 aliphatic heterocycles. The highest BCUT2D eigenvalue weighted by atomic mass is 19.4. The quantitative estimate of drug-likeness (QED) is 0.874. The average Bonchev–Trinajstić information content (AvgIpc) is 2.79. The lowest BCUT2D eigenvalue weighted by Gasteiger charge is -2.09. The molecule has 0 aromatic carbocycles. The Labute approximate surface area is 99.2 Å². The van der Waals surface area contributed by atoms with Crippen LogP contribution in [0.1, 0.15) is 5.82 Å². The summed E-state index contributed by atoms with van der Waals surface area (Å²) in [4.78, 5) is 7.63. The molecule has 0 atom stereocenters. The van der Waals surface area contributed by atoms with Gasteiger partial charge in [0.2, 0.25) is 0 Å². The maximum absolute atomic E-state index is 11.9. The monoisotopic (exact) mass is 259 g/mol.